The van der Waals surface area contributed by atoms with Crippen molar-refractivity contribution in [2.45, 2.75) is 26.1 Å². The van der Waals surface area contributed by atoms with E-state index in [2.05, 4.69) is 0 Å². The Morgan fingerprint density at radius 3 is 2.15 bits per heavy atom. The zero-order valence-corrected chi connectivity index (χ0v) is 10.8. The lowest BCUT2D eigenvalue weighted by atomic mass is 10.1. The highest BCUT2D eigenvalue weighted by Crippen LogP contribution is 2.29. The van der Waals surface area contributed by atoms with E-state index >= 15 is 0 Å². The van der Waals surface area contributed by atoms with Crippen molar-refractivity contribution in [2.75, 3.05) is 6.54 Å². The van der Waals surface area contributed by atoms with Crippen molar-refractivity contribution >= 4 is 11.9 Å². The van der Waals surface area contributed by atoms with E-state index in [1.165, 1.54) is 12.1 Å². The summed E-state index contributed by atoms with van der Waals surface area (Å²) in [6.45, 7) is 1.08. The minimum Gasteiger partial charge on any atom is -0.480 e. The number of hydrogen-bond donors (Lipinski definition) is 1. The second kappa shape index (κ2) is 6.40. The summed E-state index contributed by atoms with van der Waals surface area (Å²) in [6, 6.07) is 4.29. The molecule has 0 saturated carbocycles. The zero-order valence-electron chi connectivity index (χ0n) is 10.8. The second-order valence-corrected chi connectivity index (χ2v) is 4.19. The monoisotopic (exact) mass is 289 g/mol. The maximum atomic E-state index is 12.4. The van der Waals surface area contributed by atoms with Gasteiger partial charge in [0.15, 0.2) is 0 Å². The Labute approximate surface area is 113 Å². The van der Waals surface area contributed by atoms with Crippen LogP contribution in [0.2, 0.25) is 0 Å². The fraction of sp³-hybridized carbons (Fsp3) is 0.385. The van der Waals surface area contributed by atoms with Crippen molar-refractivity contribution in [1.29, 1.82) is 0 Å². The van der Waals surface area contributed by atoms with E-state index in [4.69, 9.17) is 5.11 Å². The van der Waals surface area contributed by atoms with Gasteiger partial charge in [0.2, 0.25) is 5.91 Å². The molecule has 1 N–H and O–H groups in total. The Hall–Kier alpha value is -2.05. The number of hydrogen-bond acceptors (Lipinski definition) is 2. The van der Waals surface area contributed by atoms with E-state index in [0.717, 1.165) is 17.0 Å². The minimum atomic E-state index is -4.42. The summed E-state index contributed by atoms with van der Waals surface area (Å²) in [5, 5.41) is 8.71. The van der Waals surface area contributed by atoms with Crippen LogP contribution in [0.4, 0.5) is 13.2 Å². The van der Waals surface area contributed by atoms with Crippen LogP contribution in [0.15, 0.2) is 24.3 Å². The molecule has 0 aliphatic carbocycles. The maximum absolute atomic E-state index is 12.4. The summed E-state index contributed by atoms with van der Waals surface area (Å²) < 4.78 is 37.2. The second-order valence-electron chi connectivity index (χ2n) is 4.19. The van der Waals surface area contributed by atoms with Crippen LogP contribution >= 0.6 is 0 Å². The molecule has 0 heterocycles. The van der Waals surface area contributed by atoms with Gasteiger partial charge in [0.05, 0.1) is 5.56 Å². The van der Waals surface area contributed by atoms with E-state index in [-0.39, 0.29) is 18.9 Å². The Morgan fingerprint density at radius 2 is 1.75 bits per heavy atom. The van der Waals surface area contributed by atoms with Crippen molar-refractivity contribution in [3.05, 3.63) is 35.4 Å². The molecule has 7 heteroatoms. The Morgan fingerprint density at radius 1 is 1.20 bits per heavy atom. The molecule has 0 atom stereocenters. The molecule has 0 aromatic heterocycles. The average molecular weight is 289 g/mol. The van der Waals surface area contributed by atoms with Crippen LogP contribution in [0, 0.1) is 0 Å². The van der Waals surface area contributed by atoms with Gasteiger partial charge in [-0.25, -0.2) is 0 Å². The average Bonchev–Trinajstić information content (AvgIpc) is 2.36. The molecule has 0 aliphatic rings. The third-order valence-electron chi connectivity index (χ3n) is 2.64. The van der Waals surface area contributed by atoms with Crippen molar-refractivity contribution < 1.29 is 27.9 Å². The molecular formula is C13H14F3NO3. The fourth-order valence-electron chi connectivity index (χ4n) is 1.64. The van der Waals surface area contributed by atoms with Gasteiger partial charge in [-0.2, -0.15) is 13.2 Å². The molecule has 0 aliphatic heterocycles. The number of carboxylic acid groups (broad SMARTS) is 1. The number of alkyl halides is 3. The number of carboxylic acids is 1. The molecule has 1 amide bonds. The molecular weight excluding hydrogens is 275 g/mol. The number of aliphatic carboxylic acids is 1. The molecule has 0 saturated heterocycles. The standard InChI is InChI=1S/C13H14F3NO3/c1-2-11(18)17(8-12(19)20)7-9-3-5-10(6-4-9)13(14,15)16/h3-6H,2,7-8H2,1H3,(H,19,20). The zero-order chi connectivity index (χ0) is 15.3. The first-order valence-electron chi connectivity index (χ1n) is 5.89. The molecule has 0 radical (unpaired) electrons. The number of benzene rings is 1. The van der Waals surface area contributed by atoms with Crippen molar-refractivity contribution in [1.82, 2.24) is 4.90 Å². The molecule has 0 bridgehead atoms. The SMILES string of the molecule is CCC(=O)N(CC(=O)O)Cc1ccc(C(F)(F)F)cc1. The van der Waals surface area contributed by atoms with Gasteiger partial charge in [-0.3, -0.25) is 9.59 Å². The van der Waals surface area contributed by atoms with E-state index in [1.54, 1.807) is 6.92 Å². The van der Waals surface area contributed by atoms with Gasteiger partial charge in [-0.15, -0.1) is 0 Å². The van der Waals surface area contributed by atoms with Crippen molar-refractivity contribution in [2.24, 2.45) is 0 Å². The lowest BCUT2D eigenvalue weighted by Crippen LogP contribution is -2.34. The van der Waals surface area contributed by atoms with Crippen molar-refractivity contribution in [3.8, 4) is 0 Å². The summed E-state index contributed by atoms with van der Waals surface area (Å²) in [5.41, 5.74) is -0.339. The van der Waals surface area contributed by atoms with Crippen LogP contribution in [-0.4, -0.2) is 28.4 Å². The predicted octanol–water partition coefficient (Wildman–Crippen LogP) is 2.53. The number of amides is 1. The summed E-state index contributed by atoms with van der Waals surface area (Å²) in [5.74, 6) is -1.54. The number of carbonyl (C=O) groups is 2. The largest absolute Gasteiger partial charge is 0.480 e. The van der Waals surface area contributed by atoms with E-state index < -0.39 is 24.3 Å². The topological polar surface area (TPSA) is 57.6 Å². The van der Waals surface area contributed by atoms with Gasteiger partial charge in [0.1, 0.15) is 6.54 Å². The molecule has 0 fully saturated rings. The van der Waals surface area contributed by atoms with Gasteiger partial charge < -0.3 is 10.0 Å². The molecule has 110 valence electrons. The quantitative estimate of drug-likeness (QED) is 0.906. The fourth-order valence-corrected chi connectivity index (χ4v) is 1.64. The number of carbonyl (C=O) groups excluding carboxylic acids is 1. The number of halogens is 3. The number of rotatable bonds is 5. The normalized spacial score (nSPS) is 11.2. The summed E-state index contributed by atoms with van der Waals surface area (Å²) in [4.78, 5) is 23.3. The van der Waals surface area contributed by atoms with Gasteiger partial charge in [-0.1, -0.05) is 19.1 Å². The lowest BCUT2D eigenvalue weighted by molar-refractivity contribution is -0.144. The maximum Gasteiger partial charge on any atom is 0.416 e. The first-order valence-corrected chi connectivity index (χ1v) is 5.89. The Kier molecular flexibility index (Phi) is 5.12. The highest BCUT2D eigenvalue weighted by Gasteiger charge is 2.30. The highest BCUT2D eigenvalue weighted by molar-refractivity contribution is 5.81. The molecule has 0 unspecified atom stereocenters. The lowest BCUT2D eigenvalue weighted by Gasteiger charge is -2.20. The van der Waals surface area contributed by atoms with Crippen LogP contribution in [0.25, 0.3) is 0 Å². The molecule has 1 rings (SSSR count). The molecule has 20 heavy (non-hydrogen) atoms. The third kappa shape index (κ3) is 4.56. The molecule has 1 aromatic rings. The Balaban J connectivity index is 2.83. The first kappa shape index (κ1) is 16.0. The summed E-state index contributed by atoms with van der Waals surface area (Å²) >= 11 is 0. The Bertz CT molecular complexity index is 483. The van der Waals surface area contributed by atoms with Crippen LogP contribution in [0.1, 0.15) is 24.5 Å². The van der Waals surface area contributed by atoms with E-state index in [1.807, 2.05) is 0 Å². The van der Waals surface area contributed by atoms with Crippen molar-refractivity contribution in [3.63, 3.8) is 0 Å². The van der Waals surface area contributed by atoms with Gasteiger partial charge in [0, 0.05) is 13.0 Å². The summed E-state index contributed by atoms with van der Waals surface area (Å²) in [7, 11) is 0. The predicted molar refractivity (Wildman–Crippen MR) is 64.8 cm³/mol. The van der Waals surface area contributed by atoms with E-state index in [9.17, 15) is 22.8 Å². The van der Waals surface area contributed by atoms with Crippen LogP contribution in [0.5, 0.6) is 0 Å². The molecule has 0 spiro atoms. The van der Waals surface area contributed by atoms with Gasteiger partial charge >= 0.3 is 12.1 Å². The molecule has 1 aromatic carbocycles. The highest BCUT2D eigenvalue weighted by atomic mass is 19.4. The van der Waals surface area contributed by atoms with Crippen LogP contribution < -0.4 is 0 Å². The van der Waals surface area contributed by atoms with Gasteiger partial charge in [-0.05, 0) is 17.7 Å². The summed E-state index contributed by atoms with van der Waals surface area (Å²) in [6.07, 6.45) is -4.29. The van der Waals surface area contributed by atoms with Crippen LogP contribution in [-0.2, 0) is 22.3 Å². The smallest absolute Gasteiger partial charge is 0.416 e. The van der Waals surface area contributed by atoms with E-state index in [0.29, 0.717) is 5.56 Å². The first-order chi connectivity index (χ1) is 9.24. The molecule has 4 nitrogen and oxygen atoms in total. The third-order valence-corrected chi connectivity index (χ3v) is 2.64. The van der Waals surface area contributed by atoms with Gasteiger partial charge in [0.25, 0.3) is 0 Å². The number of nitrogens with zero attached hydrogens (tertiary/aromatic N) is 1. The van der Waals surface area contributed by atoms with Crippen LogP contribution in [0.3, 0.4) is 0 Å². The minimum absolute atomic E-state index is 0.0306.